The summed E-state index contributed by atoms with van der Waals surface area (Å²) in [5, 5.41) is 8.37. The molecule has 2 heterocycles. The molecule has 37 heavy (non-hydrogen) atoms. The lowest BCUT2D eigenvalue weighted by Crippen LogP contribution is -2.29. The number of ether oxygens (including phenoxy) is 2. The molecule has 2 aromatic carbocycles. The van der Waals surface area contributed by atoms with Gasteiger partial charge in [0, 0.05) is 11.4 Å². The number of hydrogen-bond donors (Lipinski definition) is 1. The van der Waals surface area contributed by atoms with Gasteiger partial charge in [-0.3, -0.25) is 0 Å². The minimum atomic E-state index is -0.524. The van der Waals surface area contributed by atoms with Crippen LogP contribution in [0.15, 0.2) is 65.0 Å². The van der Waals surface area contributed by atoms with Gasteiger partial charge in [0.2, 0.25) is 11.1 Å². The van der Waals surface area contributed by atoms with Crippen LogP contribution >= 0.6 is 11.8 Å². The number of nitrogens with one attached hydrogen (secondary N) is 1. The predicted molar refractivity (Wildman–Crippen MR) is 143 cm³/mol. The van der Waals surface area contributed by atoms with Crippen molar-refractivity contribution in [3.63, 3.8) is 0 Å². The molecule has 1 atom stereocenters. The summed E-state index contributed by atoms with van der Waals surface area (Å²) >= 11 is 1.34. The van der Waals surface area contributed by atoms with Gasteiger partial charge >= 0.3 is 5.97 Å². The molecule has 196 valence electrons. The number of allylic oxidation sites excluding steroid dienone is 1. The Balaban J connectivity index is 1.58. The maximum absolute atomic E-state index is 14.1. The molecular weight excluding hydrogens is 491 g/mol. The van der Waals surface area contributed by atoms with Crippen LogP contribution < -0.4 is 10.1 Å². The number of carbonyl (C=O) groups is 1. The summed E-state index contributed by atoms with van der Waals surface area (Å²) in [5.41, 5.74) is 2.57. The lowest BCUT2D eigenvalue weighted by Gasteiger charge is -2.28. The van der Waals surface area contributed by atoms with E-state index < -0.39 is 12.0 Å². The Morgan fingerprint density at radius 1 is 1.11 bits per heavy atom. The van der Waals surface area contributed by atoms with E-state index in [1.165, 1.54) is 30.7 Å². The van der Waals surface area contributed by atoms with Crippen molar-refractivity contribution in [3.8, 4) is 5.75 Å². The van der Waals surface area contributed by atoms with Gasteiger partial charge in [-0.25, -0.2) is 13.9 Å². The van der Waals surface area contributed by atoms with Gasteiger partial charge in [0.25, 0.3) is 0 Å². The number of benzene rings is 2. The normalized spacial score (nSPS) is 14.8. The third-order valence-electron chi connectivity index (χ3n) is 6.11. The number of nitrogens with zero attached hydrogens (tertiary/aromatic N) is 3. The fraction of sp³-hybridized carbons (Fsp3) is 0.393. The summed E-state index contributed by atoms with van der Waals surface area (Å²) < 4.78 is 27.1. The van der Waals surface area contributed by atoms with Crippen molar-refractivity contribution >= 4 is 23.7 Å². The molecule has 0 saturated carbocycles. The minimum absolute atomic E-state index is 0.259. The number of thioether (sulfide) groups is 1. The number of carbonyl (C=O) groups excluding carboxylic acids is 1. The fourth-order valence-corrected chi connectivity index (χ4v) is 5.01. The molecule has 1 aliphatic heterocycles. The molecule has 0 radical (unpaired) electrons. The predicted octanol–water partition coefficient (Wildman–Crippen LogP) is 6.52. The van der Waals surface area contributed by atoms with Crippen molar-refractivity contribution in [2.24, 2.45) is 0 Å². The van der Waals surface area contributed by atoms with Crippen LogP contribution in [0.2, 0.25) is 0 Å². The number of esters is 1. The zero-order chi connectivity index (χ0) is 26.2. The van der Waals surface area contributed by atoms with Crippen molar-refractivity contribution in [3.05, 3.63) is 76.7 Å². The summed E-state index contributed by atoms with van der Waals surface area (Å²) in [6.07, 6.45) is 4.58. The summed E-state index contributed by atoms with van der Waals surface area (Å²) in [7, 11) is 0. The number of aromatic nitrogens is 3. The van der Waals surface area contributed by atoms with E-state index in [1.54, 1.807) is 29.8 Å². The average Bonchev–Trinajstić information content (AvgIpc) is 3.30. The Kier molecular flexibility index (Phi) is 9.22. The standard InChI is InChI=1S/C28H33FN4O3S/c1-4-6-7-10-17-36-22-15-13-20(14-16-22)25-24(26(34)35-5-2)19(3)30-27-31-28(32-33(25)27)37-18-21-11-8-9-12-23(21)29/h8-9,11-16,25H,4-7,10,17-18H2,1-3H3,(H,30,31,32). The topological polar surface area (TPSA) is 78.3 Å². The highest BCUT2D eigenvalue weighted by Gasteiger charge is 2.35. The van der Waals surface area contributed by atoms with Crippen molar-refractivity contribution < 1.29 is 18.7 Å². The van der Waals surface area contributed by atoms with Gasteiger partial charge in [-0.2, -0.15) is 4.98 Å². The van der Waals surface area contributed by atoms with Crippen LogP contribution in [0.5, 0.6) is 5.75 Å². The van der Waals surface area contributed by atoms with E-state index in [0.717, 1.165) is 24.2 Å². The molecule has 0 bridgehead atoms. The van der Waals surface area contributed by atoms with E-state index in [9.17, 15) is 9.18 Å². The largest absolute Gasteiger partial charge is 0.494 e. The van der Waals surface area contributed by atoms with E-state index in [2.05, 4.69) is 17.2 Å². The number of halogens is 1. The van der Waals surface area contributed by atoms with Crippen molar-refractivity contribution in [2.75, 3.05) is 18.5 Å². The monoisotopic (exact) mass is 524 g/mol. The van der Waals surface area contributed by atoms with Crippen LogP contribution in [-0.4, -0.2) is 33.9 Å². The van der Waals surface area contributed by atoms with Gasteiger partial charge in [-0.15, -0.1) is 5.10 Å². The molecule has 1 aromatic heterocycles. The van der Waals surface area contributed by atoms with E-state index in [4.69, 9.17) is 14.6 Å². The second kappa shape index (κ2) is 12.8. The van der Waals surface area contributed by atoms with Crippen LogP contribution in [-0.2, 0) is 15.3 Å². The number of anilines is 1. The summed E-state index contributed by atoms with van der Waals surface area (Å²) in [6, 6.07) is 13.9. The Labute approximate surface area is 221 Å². The Morgan fingerprint density at radius 3 is 2.62 bits per heavy atom. The first-order valence-electron chi connectivity index (χ1n) is 12.7. The number of hydrogen-bond acceptors (Lipinski definition) is 7. The Hall–Kier alpha value is -3.33. The minimum Gasteiger partial charge on any atom is -0.494 e. The Bertz CT molecular complexity index is 1240. The van der Waals surface area contributed by atoms with E-state index >= 15 is 0 Å². The third kappa shape index (κ3) is 6.52. The molecule has 9 heteroatoms. The zero-order valence-corrected chi connectivity index (χ0v) is 22.3. The highest BCUT2D eigenvalue weighted by Crippen LogP contribution is 2.37. The van der Waals surface area contributed by atoms with Gasteiger partial charge in [0.15, 0.2) is 0 Å². The highest BCUT2D eigenvalue weighted by molar-refractivity contribution is 7.98. The van der Waals surface area contributed by atoms with E-state index in [0.29, 0.717) is 40.3 Å². The summed E-state index contributed by atoms with van der Waals surface area (Å²) in [6.45, 7) is 6.74. The van der Waals surface area contributed by atoms with Crippen LogP contribution in [0.3, 0.4) is 0 Å². The quantitative estimate of drug-likeness (QED) is 0.164. The van der Waals surface area contributed by atoms with Gasteiger partial charge < -0.3 is 14.8 Å². The molecule has 7 nitrogen and oxygen atoms in total. The zero-order valence-electron chi connectivity index (χ0n) is 21.5. The SMILES string of the molecule is CCCCCCOc1ccc(C2C(C(=O)OCC)=C(C)Nc3nc(SCc4ccccc4F)nn32)cc1. The van der Waals surface area contributed by atoms with Crippen molar-refractivity contribution in [1.29, 1.82) is 0 Å². The molecule has 0 spiro atoms. The van der Waals surface area contributed by atoms with Gasteiger partial charge in [0.05, 0.1) is 18.8 Å². The summed E-state index contributed by atoms with van der Waals surface area (Å²) in [4.78, 5) is 17.6. The molecule has 0 aliphatic carbocycles. The fourth-order valence-electron chi connectivity index (χ4n) is 4.20. The lowest BCUT2D eigenvalue weighted by atomic mass is 9.96. The third-order valence-corrected chi connectivity index (χ3v) is 6.99. The molecule has 1 N–H and O–H groups in total. The van der Waals surface area contributed by atoms with Gasteiger partial charge in [0.1, 0.15) is 17.6 Å². The average molecular weight is 525 g/mol. The molecule has 1 unspecified atom stereocenters. The smallest absolute Gasteiger partial charge is 0.338 e. The molecule has 1 aliphatic rings. The van der Waals surface area contributed by atoms with E-state index in [-0.39, 0.29) is 12.4 Å². The van der Waals surface area contributed by atoms with E-state index in [1.807, 2.05) is 31.2 Å². The van der Waals surface area contributed by atoms with Crippen LogP contribution in [0.25, 0.3) is 0 Å². The second-order valence-corrected chi connectivity index (χ2v) is 9.75. The maximum Gasteiger partial charge on any atom is 0.338 e. The second-order valence-electron chi connectivity index (χ2n) is 8.81. The number of fused-ring (bicyclic) bond motifs is 1. The number of rotatable bonds is 12. The van der Waals surface area contributed by atoms with Gasteiger partial charge in [-0.05, 0) is 49.6 Å². The van der Waals surface area contributed by atoms with Crippen LogP contribution in [0.4, 0.5) is 10.3 Å². The first-order valence-corrected chi connectivity index (χ1v) is 13.7. The molecule has 3 aromatic rings. The Morgan fingerprint density at radius 2 is 1.89 bits per heavy atom. The van der Waals surface area contributed by atoms with Crippen LogP contribution in [0.1, 0.15) is 63.6 Å². The van der Waals surface area contributed by atoms with Crippen LogP contribution in [0, 0.1) is 5.82 Å². The number of unbranched alkanes of at least 4 members (excludes halogenated alkanes) is 3. The highest BCUT2D eigenvalue weighted by atomic mass is 32.2. The molecule has 0 saturated heterocycles. The molecule has 4 rings (SSSR count). The summed E-state index contributed by atoms with van der Waals surface area (Å²) in [5.74, 6) is 1.03. The van der Waals surface area contributed by atoms with Gasteiger partial charge in [-0.1, -0.05) is 68.3 Å². The molecule has 0 fully saturated rings. The van der Waals surface area contributed by atoms with Crippen molar-refractivity contribution in [1.82, 2.24) is 14.8 Å². The molecular formula is C28H33FN4O3S. The molecule has 0 amide bonds. The lowest BCUT2D eigenvalue weighted by molar-refractivity contribution is -0.139. The maximum atomic E-state index is 14.1. The first kappa shape index (κ1) is 26.7. The first-order chi connectivity index (χ1) is 18.0. The van der Waals surface area contributed by atoms with Crippen molar-refractivity contribution in [2.45, 2.75) is 63.4 Å².